The summed E-state index contributed by atoms with van der Waals surface area (Å²) >= 11 is 0. The van der Waals surface area contributed by atoms with E-state index in [2.05, 4.69) is 27.6 Å². The molecule has 1 unspecified atom stereocenters. The van der Waals surface area contributed by atoms with Gasteiger partial charge in [-0.25, -0.2) is 0 Å². The third kappa shape index (κ3) is 2.65. The van der Waals surface area contributed by atoms with Crippen molar-refractivity contribution in [3.05, 3.63) is 47.8 Å². The summed E-state index contributed by atoms with van der Waals surface area (Å²) in [5, 5.41) is 10.2. The number of nitrogens with one attached hydrogen (secondary N) is 2. The van der Waals surface area contributed by atoms with Gasteiger partial charge in [0.25, 0.3) is 0 Å². The van der Waals surface area contributed by atoms with Gasteiger partial charge in [0.2, 0.25) is 0 Å². The number of aromatic nitrogens is 2. The molecular formula is C13H17N3O. The summed E-state index contributed by atoms with van der Waals surface area (Å²) in [6.07, 6.45) is 1.76. The number of benzene rings is 1. The Bertz CT molecular complexity index is 436. The first-order valence-electron chi connectivity index (χ1n) is 5.74. The van der Waals surface area contributed by atoms with Crippen molar-refractivity contribution in [3.8, 4) is 5.75 Å². The molecule has 0 saturated carbocycles. The average molecular weight is 231 g/mol. The molecule has 4 heteroatoms. The van der Waals surface area contributed by atoms with Crippen molar-refractivity contribution >= 4 is 0 Å². The van der Waals surface area contributed by atoms with Gasteiger partial charge in [0, 0.05) is 6.20 Å². The van der Waals surface area contributed by atoms with Gasteiger partial charge in [-0.2, -0.15) is 5.10 Å². The van der Waals surface area contributed by atoms with Crippen molar-refractivity contribution in [1.82, 2.24) is 15.5 Å². The van der Waals surface area contributed by atoms with Gasteiger partial charge in [-0.15, -0.1) is 0 Å². The lowest BCUT2D eigenvalue weighted by molar-refractivity contribution is 0.340. The number of nitrogens with zero attached hydrogens (tertiary/aromatic N) is 1. The first-order valence-corrected chi connectivity index (χ1v) is 5.74. The Labute approximate surface area is 101 Å². The van der Waals surface area contributed by atoms with Gasteiger partial charge in [-0.1, -0.05) is 12.1 Å². The van der Waals surface area contributed by atoms with Gasteiger partial charge in [-0.05, 0) is 37.7 Å². The summed E-state index contributed by atoms with van der Waals surface area (Å²) in [5.74, 6) is 0.899. The second kappa shape index (κ2) is 5.50. The molecule has 1 aromatic heterocycles. The minimum atomic E-state index is 0.133. The zero-order valence-corrected chi connectivity index (χ0v) is 10.1. The highest BCUT2D eigenvalue weighted by Crippen LogP contribution is 2.22. The third-order valence-electron chi connectivity index (χ3n) is 2.65. The SMILES string of the molecule is CCOc1ccc(C(NC)c2ccn[nH]2)cc1. The first-order chi connectivity index (χ1) is 8.35. The highest BCUT2D eigenvalue weighted by Gasteiger charge is 2.12. The van der Waals surface area contributed by atoms with Crippen LogP contribution in [-0.4, -0.2) is 23.9 Å². The molecule has 1 heterocycles. The number of aromatic amines is 1. The zero-order chi connectivity index (χ0) is 12.1. The lowest BCUT2D eigenvalue weighted by Gasteiger charge is -2.15. The maximum Gasteiger partial charge on any atom is 0.119 e. The number of rotatable bonds is 5. The molecule has 0 amide bonds. The molecule has 1 aromatic carbocycles. The van der Waals surface area contributed by atoms with Crippen molar-refractivity contribution in [2.24, 2.45) is 0 Å². The van der Waals surface area contributed by atoms with Crippen LogP contribution in [0, 0.1) is 0 Å². The van der Waals surface area contributed by atoms with E-state index in [0.29, 0.717) is 6.61 Å². The Hall–Kier alpha value is -1.81. The van der Waals surface area contributed by atoms with Crippen LogP contribution in [0.4, 0.5) is 0 Å². The Balaban J connectivity index is 2.20. The fraction of sp³-hybridized carbons (Fsp3) is 0.308. The summed E-state index contributed by atoms with van der Waals surface area (Å²) in [7, 11) is 1.93. The van der Waals surface area contributed by atoms with E-state index in [0.717, 1.165) is 11.4 Å². The van der Waals surface area contributed by atoms with Crippen LogP contribution in [0.1, 0.15) is 24.2 Å². The predicted molar refractivity (Wildman–Crippen MR) is 67.1 cm³/mol. The van der Waals surface area contributed by atoms with Crippen LogP contribution in [0.25, 0.3) is 0 Å². The molecule has 2 rings (SSSR count). The van der Waals surface area contributed by atoms with Crippen molar-refractivity contribution in [2.75, 3.05) is 13.7 Å². The lowest BCUT2D eigenvalue weighted by atomic mass is 10.0. The molecule has 2 N–H and O–H groups in total. The molecule has 0 aliphatic heterocycles. The molecular weight excluding hydrogens is 214 g/mol. The van der Waals surface area contributed by atoms with Crippen LogP contribution < -0.4 is 10.1 Å². The van der Waals surface area contributed by atoms with Crippen molar-refractivity contribution in [3.63, 3.8) is 0 Å². The summed E-state index contributed by atoms with van der Waals surface area (Å²) in [6, 6.07) is 10.2. The smallest absolute Gasteiger partial charge is 0.119 e. The molecule has 17 heavy (non-hydrogen) atoms. The van der Waals surface area contributed by atoms with E-state index in [-0.39, 0.29) is 6.04 Å². The third-order valence-corrected chi connectivity index (χ3v) is 2.65. The Morgan fingerprint density at radius 2 is 2.06 bits per heavy atom. The average Bonchev–Trinajstić information content (AvgIpc) is 2.86. The topological polar surface area (TPSA) is 49.9 Å². The van der Waals surface area contributed by atoms with Gasteiger partial charge < -0.3 is 10.1 Å². The normalized spacial score (nSPS) is 12.4. The molecule has 1 atom stereocenters. The molecule has 2 aromatic rings. The lowest BCUT2D eigenvalue weighted by Crippen LogP contribution is -2.18. The van der Waals surface area contributed by atoms with E-state index >= 15 is 0 Å². The van der Waals surface area contributed by atoms with Gasteiger partial charge in [0.1, 0.15) is 5.75 Å². The standard InChI is InChI=1S/C13H17N3O/c1-3-17-11-6-4-10(5-7-11)13(14-2)12-8-9-15-16-12/h4-9,13-14H,3H2,1-2H3,(H,15,16). The monoisotopic (exact) mass is 231 g/mol. The van der Waals surface area contributed by atoms with E-state index in [9.17, 15) is 0 Å². The van der Waals surface area contributed by atoms with Gasteiger partial charge in [0.15, 0.2) is 0 Å². The number of hydrogen-bond acceptors (Lipinski definition) is 3. The minimum Gasteiger partial charge on any atom is -0.494 e. The fourth-order valence-electron chi connectivity index (χ4n) is 1.85. The van der Waals surface area contributed by atoms with Crippen LogP contribution in [0.2, 0.25) is 0 Å². The quantitative estimate of drug-likeness (QED) is 0.828. The molecule has 0 bridgehead atoms. The maximum atomic E-state index is 5.42. The van der Waals surface area contributed by atoms with Crippen LogP contribution >= 0.6 is 0 Å². The molecule has 90 valence electrons. The summed E-state index contributed by atoms with van der Waals surface area (Å²) in [6.45, 7) is 2.67. The van der Waals surface area contributed by atoms with Crippen molar-refractivity contribution < 1.29 is 4.74 Å². The van der Waals surface area contributed by atoms with Crippen molar-refractivity contribution in [2.45, 2.75) is 13.0 Å². The van der Waals surface area contributed by atoms with Gasteiger partial charge in [0.05, 0.1) is 18.3 Å². The largest absolute Gasteiger partial charge is 0.494 e. The summed E-state index contributed by atoms with van der Waals surface area (Å²) in [5.41, 5.74) is 2.23. The van der Waals surface area contributed by atoms with Gasteiger partial charge in [-0.3, -0.25) is 5.10 Å². The molecule has 4 nitrogen and oxygen atoms in total. The molecule has 0 radical (unpaired) electrons. The fourth-order valence-corrected chi connectivity index (χ4v) is 1.85. The Morgan fingerprint density at radius 1 is 1.29 bits per heavy atom. The second-order valence-corrected chi connectivity index (χ2v) is 3.74. The van der Waals surface area contributed by atoms with E-state index in [1.165, 1.54) is 5.56 Å². The predicted octanol–water partition coefficient (Wildman–Crippen LogP) is 2.12. The molecule has 0 aliphatic rings. The first kappa shape index (κ1) is 11.7. The van der Waals surface area contributed by atoms with Crippen molar-refractivity contribution in [1.29, 1.82) is 0 Å². The highest BCUT2D eigenvalue weighted by molar-refractivity contribution is 5.32. The van der Waals surface area contributed by atoms with E-state index in [4.69, 9.17) is 4.74 Å². The Kier molecular flexibility index (Phi) is 3.77. The zero-order valence-electron chi connectivity index (χ0n) is 10.1. The van der Waals surface area contributed by atoms with E-state index < -0.39 is 0 Å². The number of ether oxygens (including phenoxy) is 1. The minimum absolute atomic E-state index is 0.133. The summed E-state index contributed by atoms with van der Waals surface area (Å²) < 4.78 is 5.42. The number of hydrogen-bond donors (Lipinski definition) is 2. The molecule has 0 saturated heterocycles. The van der Waals surface area contributed by atoms with Crippen LogP contribution in [0.5, 0.6) is 5.75 Å². The summed E-state index contributed by atoms with van der Waals surface area (Å²) in [4.78, 5) is 0. The van der Waals surface area contributed by atoms with E-state index in [1.54, 1.807) is 6.20 Å². The Morgan fingerprint density at radius 3 is 2.59 bits per heavy atom. The van der Waals surface area contributed by atoms with Crippen LogP contribution in [0.3, 0.4) is 0 Å². The highest BCUT2D eigenvalue weighted by atomic mass is 16.5. The van der Waals surface area contributed by atoms with Gasteiger partial charge >= 0.3 is 0 Å². The molecule has 0 spiro atoms. The molecule has 0 fully saturated rings. The van der Waals surface area contributed by atoms with Crippen LogP contribution in [-0.2, 0) is 0 Å². The molecule has 0 aliphatic carbocycles. The second-order valence-electron chi connectivity index (χ2n) is 3.74. The maximum absolute atomic E-state index is 5.42. The van der Waals surface area contributed by atoms with E-state index in [1.807, 2.05) is 32.2 Å². The van der Waals surface area contributed by atoms with Crippen LogP contribution in [0.15, 0.2) is 36.5 Å². The number of H-pyrrole nitrogens is 1.